The smallest absolute Gasteiger partial charge is 0.193 e. The van der Waals surface area contributed by atoms with E-state index in [-0.39, 0.29) is 17.3 Å². The van der Waals surface area contributed by atoms with Crippen LogP contribution in [0.4, 0.5) is 0 Å². The number of hydrogen-bond donors (Lipinski definition) is 1. The number of ketones is 2. The average Bonchev–Trinajstić information content (AvgIpc) is 2.85. The van der Waals surface area contributed by atoms with Gasteiger partial charge in [-0.2, -0.15) is 0 Å². The van der Waals surface area contributed by atoms with E-state index in [1.54, 1.807) is 60.7 Å². The number of rotatable bonds is 7. The first-order valence-corrected chi connectivity index (χ1v) is 10.8. The fraction of sp³-hybridized carbons (Fsp3) is 0.103. The molecule has 0 aliphatic heterocycles. The number of carbonyl (C=O) groups excluding carboxylic acids is 2. The van der Waals surface area contributed by atoms with Crippen LogP contribution in [0.2, 0.25) is 0 Å². The standard InChI is InChI=1S/C29H24O4/c1-19(2)20-3-5-21(6-4-20)28(31)23-9-15-26(16-10-23)33-27-17-11-24(12-18-27)29(32)22-7-13-25(30)14-8-22/h3-19,30H,1-2H3. The Morgan fingerprint density at radius 3 is 1.27 bits per heavy atom. The minimum Gasteiger partial charge on any atom is -0.508 e. The van der Waals surface area contributed by atoms with Crippen molar-refractivity contribution in [3.63, 3.8) is 0 Å². The molecule has 0 saturated heterocycles. The quantitative estimate of drug-likeness (QED) is 0.325. The van der Waals surface area contributed by atoms with E-state index in [0.717, 1.165) is 0 Å². The van der Waals surface area contributed by atoms with Crippen LogP contribution in [-0.2, 0) is 0 Å². The van der Waals surface area contributed by atoms with Gasteiger partial charge in [0.25, 0.3) is 0 Å². The predicted octanol–water partition coefficient (Wildman–Crippen LogP) is 6.77. The summed E-state index contributed by atoms with van der Waals surface area (Å²) < 4.78 is 5.86. The van der Waals surface area contributed by atoms with Gasteiger partial charge in [-0.15, -0.1) is 0 Å². The molecule has 164 valence electrons. The summed E-state index contributed by atoms with van der Waals surface area (Å²) >= 11 is 0. The highest BCUT2D eigenvalue weighted by Crippen LogP contribution is 2.24. The van der Waals surface area contributed by atoms with Gasteiger partial charge in [-0.05, 0) is 84.3 Å². The van der Waals surface area contributed by atoms with Gasteiger partial charge < -0.3 is 9.84 Å². The Kier molecular flexibility index (Phi) is 6.36. The molecule has 1 N–H and O–H groups in total. The minimum absolute atomic E-state index is 0.0334. The fourth-order valence-electron chi connectivity index (χ4n) is 3.45. The van der Waals surface area contributed by atoms with Crippen LogP contribution in [0.1, 0.15) is 57.2 Å². The Hall–Kier alpha value is -4.18. The normalized spacial score (nSPS) is 10.8. The molecule has 0 spiro atoms. The molecule has 33 heavy (non-hydrogen) atoms. The molecule has 4 aromatic rings. The zero-order valence-electron chi connectivity index (χ0n) is 18.5. The van der Waals surface area contributed by atoms with Crippen molar-refractivity contribution in [2.75, 3.05) is 0 Å². The van der Waals surface area contributed by atoms with Crippen LogP contribution in [-0.4, -0.2) is 16.7 Å². The molecular weight excluding hydrogens is 412 g/mol. The molecule has 4 rings (SSSR count). The first-order valence-electron chi connectivity index (χ1n) is 10.8. The molecule has 0 radical (unpaired) electrons. The summed E-state index contributed by atoms with van der Waals surface area (Å²) in [7, 11) is 0. The van der Waals surface area contributed by atoms with Gasteiger partial charge in [0.1, 0.15) is 17.2 Å². The number of ether oxygens (including phenoxy) is 1. The summed E-state index contributed by atoms with van der Waals surface area (Å²) in [5, 5.41) is 9.37. The van der Waals surface area contributed by atoms with Crippen molar-refractivity contribution in [3.05, 3.63) is 125 Å². The fourth-order valence-corrected chi connectivity index (χ4v) is 3.45. The molecule has 0 fully saturated rings. The van der Waals surface area contributed by atoms with Crippen molar-refractivity contribution in [2.45, 2.75) is 19.8 Å². The van der Waals surface area contributed by atoms with Crippen LogP contribution in [0, 0.1) is 0 Å². The van der Waals surface area contributed by atoms with Crippen LogP contribution >= 0.6 is 0 Å². The van der Waals surface area contributed by atoms with Crippen LogP contribution in [0.15, 0.2) is 97.1 Å². The summed E-state index contributed by atoms with van der Waals surface area (Å²) in [5.74, 6) is 1.55. The highest BCUT2D eigenvalue weighted by atomic mass is 16.5. The van der Waals surface area contributed by atoms with Gasteiger partial charge in [-0.1, -0.05) is 38.1 Å². The number of aromatic hydroxyl groups is 1. The number of benzene rings is 4. The first-order chi connectivity index (χ1) is 15.9. The van der Waals surface area contributed by atoms with E-state index < -0.39 is 0 Å². The van der Waals surface area contributed by atoms with Crippen molar-refractivity contribution in [2.24, 2.45) is 0 Å². The second-order valence-corrected chi connectivity index (χ2v) is 8.13. The molecule has 4 heteroatoms. The number of hydrogen-bond acceptors (Lipinski definition) is 4. The Morgan fingerprint density at radius 1 is 0.576 bits per heavy atom. The second kappa shape index (κ2) is 9.53. The first kappa shape index (κ1) is 22.0. The van der Waals surface area contributed by atoms with Crippen molar-refractivity contribution >= 4 is 11.6 Å². The number of carbonyl (C=O) groups is 2. The van der Waals surface area contributed by atoms with Gasteiger partial charge in [-0.25, -0.2) is 0 Å². The summed E-state index contributed by atoms with van der Waals surface area (Å²) in [6, 6.07) is 27.7. The van der Waals surface area contributed by atoms with Crippen molar-refractivity contribution < 1.29 is 19.4 Å². The largest absolute Gasteiger partial charge is 0.508 e. The monoisotopic (exact) mass is 436 g/mol. The molecule has 0 atom stereocenters. The predicted molar refractivity (Wildman–Crippen MR) is 128 cm³/mol. The lowest BCUT2D eigenvalue weighted by atomic mass is 9.98. The zero-order chi connectivity index (χ0) is 23.4. The lowest BCUT2D eigenvalue weighted by molar-refractivity contribution is 0.103. The third-order valence-electron chi connectivity index (χ3n) is 5.44. The van der Waals surface area contributed by atoms with Crippen LogP contribution in [0.25, 0.3) is 0 Å². The van der Waals surface area contributed by atoms with E-state index in [9.17, 15) is 14.7 Å². The molecule has 0 amide bonds. The molecular formula is C29H24O4. The van der Waals surface area contributed by atoms with Crippen LogP contribution < -0.4 is 4.74 Å². The van der Waals surface area contributed by atoms with E-state index >= 15 is 0 Å². The molecule has 0 bridgehead atoms. The van der Waals surface area contributed by atoms with Gasteiger partial charge in [-0.3, -0.25) is 9.59 Å². The van der Waals surface area contributed by atoms with Crippen molar-refractivity contribution in [3.8, 4) is 17.2 Å². The van der Waals surface area contributed by atoms with E-state index in [1.165, 1.54) is 17.7 Å². The lowest BCUT2D eigenvalue weighted by Crippen LogP contribution is -2.02. The van der Waals surface area contributed by atoms with Crippen LogP contribution in [0.5, 0.6) is 17.2 Å². The molecule has 0 saturated carbocycles. The van der Waals surface area contributed by atoms with Crippen molar-refractivity contribution in [1.82, 2.24) is 0 Å². The van der Waals surface area contributed by atoms with E-state index in [2.05, 4.69) is 13.8 Å². The average molecular weight is 437 g/mol. The SMILES string of the molecule is CC(C)c1ccc(C(=O)c2ccc(Oc3ccc(C(=O)c4ccc(O)cc4)cc3)cc2)cc1. The maximum absolute atomic E-state index is 12.7. The Balaban J connectivity index is 1.42. The molecule has 0 heterocycles. The zero-order valence-corrected chi connectivity index (χ0v) is 18.5. The molecule has 4 nitrogen and oxygen atoms in total. The summed E-state index contributed by atoms with van der Waals surface area (Å²) in [4.78, 5) is 25.3. The van der Waals surface area contributed by atoms with E-state index in [4.69, 9.17) is 4.74 Å². The van der Waals surface area contributed by atoms with Gasteiger partial charge in [0.15, 0.2) is 11.6 Å². The third-order valence-corrected chi connectivity index (χ3v) is 5.44. The molecule has 0 aliphatic rings. The van der Waals surface area contributed by atoms with Gasteiger partial charge in [0, 0.05) is 22.3 Å². The summed E-state index contributed by atoms with van der Waals surface area (Å²) in [6.07, 6.45) is 0. The van der Waals surface area contributed by atoms with Crippen LogP contribution in [0.3, 0.4) is 0 Å². The minimum atomic E-state index is -0.133. The van der Waals surface area contributed by atoms with E-state index in [0.29, 0.717) is 39.7 Å². The highest BCUT2D eigenvalue weighted by molar-refractivity contribution is 6.09. The van der Waals surface area contributed by atoms with Crippen molar-refractivity contribution in [1.29, 1.82) is 0 Å². The number of phenols is 1. The Bertz CT molecular complexity index is 1250. The Labute approximate surface area is 193 Å². The Morgan fingerprint density at radius 2 is 0.909 bits per heavy atom. The third kappa shape index (κ3) is 5.18. The maximum Gasteiger partial charge on any atom is 0.193 e. The molecule has 4 aromatic carbocycles. The maximum atomic E-state index is 12.7. The number of phenolic OH excluding ortho intramolecular Hbond substituents is 1. The van der Waals surface area contributed by atoms with Gasteiger partial charge >= 0.3 is 0 Å². The summed E-state index contributed by atoms with van der Waals surface area (Å²) in [5.41, 5.74) is 3.47. The molecule has 0 aliphatic carbocycles. The molecule has 0 aromatic heterocycles. The topological polar surface area (TPSA) is 63.6 Å². The van der Waals surface area contributed by atoms with Gasteiger partial charge in [0.2, 0.25) is 0 Å². The second-order valence-electron chi connectivity index (χ2n) is 8.13. The lowest BCUT2D eigenvalue weighted by Gasteiger charge is -2.09. The van der Waals surface area contributed by atoms with Gasteiger partial charge in [0.05, 0.1) is 0 Å². The molecule has 0 unspecified atom stereocenters. The highest BCUT2D eigenvalue weighted by Gasteiger charge is 2.11. The van der Waals surface area contributed by atoms with E-state index in [1.807, 2.05) is 24.3 Å². The summed E-state index contributed by atoms with van der Waals surface area (Å²) in [6.45, 7) is 4.24.